The van der Waals surface area contributed by atoms with E-state index in [0.29, 0.717) is 28.3 Å². The van der Waals surface area contributed by atoms with E-state index in [2.05, 4.69) is 55.1 Å². The van der Waals surface area contributed by atoms with Crippen LogP contribution in [0.5, 0.6) is 0 Å². The Labute approximate surface area is 224 Å². The molecule has 11 heteroatoms. The van der Waals surface area contributed by atoms with Crippen molar-refractivity contribution in [3.05, 3.63) is 83.5 Å². The van der Waals surface area contributed by atoms with Gasteiger partial charge >= 0.3 is 0 Å². The van der Waals surface area contributed by atoms with Crippen molar-refractivity contribution in [3.8, 4) is 16.9 Å². The van der Waals surface area contributed by atoms with Crippen molar-refractivity contribution < 1.29 is 9.18 Å². The number of aromatic nitrogens is 5. The number of aryl methyl sites for hydroxylation is 1. The number of carbonyl (C=O) groups is 1. The number of likely N-dealkylation sites (N-methyl/N-ethyl adjacent to an activating group) is 1. The fraction of sp³-hybridized carbons (Fsp3) is 0.222. The lowest BCUT2D eigenvalue weighted by Crippen LogP contribution is -2.44. The van der Waals surface area contributed by atoms with Crippen LogP contribution in [0.25, 0.3) is 22.8 Å². The highest BCUT2D eigenvalue weighted by atomic mass is 35.5. The number of amides is 1. The summed E-state index contributed by atoms with van der Waals surface area (Å²) >= 11 is 6.00. The van der Waals surface area contributed by atoms with Crippen LogP contribution in [0.1, 0.15) is 21.6 Å². The van der Waals surface area contributed by atoms with Crippen LogP contribution in [-0.4, -0.2) is 69.0 Å². The zero-order valence-electron chi connectivity index (χ0n) is 21.0. The second kappa shape index (κ2) is 10.7. The average molecular weight is 533 g/mol. The van der Waals surface area contributed by atoms with E-state index >= 15 is 0 Å². The molecule has 0 spiro atoms. The number of nitrogens with zero attached hydrogens (tertiary/aromatic N) is 7. The van der Waals surface area contributed by atoms with Crippen LogP contribution < -0.4 is 10.2 Å². The molecule has 0 radical (unpaired) electrons. The Hall–Kier alpha value is -4.15. The molecule has 0 atom stereocenters. The van der Waals surface area contributed by atoms with Gasteiger partial charge in [-0.25, -0.2) is 9.07 Å². The van der Waals surface area contributed by atoms with Crippen LogP contribution in [0, 0.1) is 6.92 Å². The molecule has 1 N–H and O–H groups in total. The summed E-state index contributed by atoms with van der Waals surface area (Å²) in [5.74, 6) is -1.10. The molecule has 1 aromatic carbocycles. The first kappa shape index (κ1) is 25.5. The molecule has 9 nitrogen and oxygen atoms in total. The number of carbonyl (C=O) groups excluding carboxylic acids is 1. The van der Waals surface area contributed by atoms with Gasteiger partial charge in [0.05, 0.1) is 40.0 Å². The lowest BCUT2D eigenvalue weighted by molar-refractivity contribution is 0.102. The smallest absolute Gasteiger partial charge is 0.257 e. The standard InChI is InChI=1S/C27H26ClFN8O/c1-17(29)23-12-21(4-5-24(23)28)32-27(38)20-11-26(18(2)31-14-20)37-16-25(33-34-37)19-10-22(15-30-13-19)36-8-6-35(3)7-9-36/h4-5,10-16H,1,6-9H2,2-3H3,(H,32,38). The quantitative estimate of drug-likeness (QED) is 0.387. The Kier molecular flexibility index (Phi) is 7.17. The third-order valence-corrected chi connectivity index (χ3v) is 6.80. The number of anilines is 2. The fourth-order valence-corrected chi connectivity index (χ4v) is 4.43. The first-order valence-electron chi connectivity index (χ1n) is 12.0. The van der Waals surface area contributed by atoms with E-state index < -0.39 is 11.7 Å². The Morgan fingerprint density at radius 1 is 1.11 bits per heavy atom. The Bertz CT molecular complexity index is 1510. The molecule has 1 amide bonds. The molecular weight excluding hydrogens is 507 g/mol. The van der Waals surface area contributed by atoms with Crippen LogP contribution in [-0.2, 0) is 0 Å². The minimum absolute atomic E-state index is 0.119. The molecule has 1 saturated heterocycles. The van der Waals surface area contributed by atoms with E-state index in [0.717, 1.165) is 37.4 Å². The molecule has 4 aromatic rings. The number of rotatable bonds is 6. The van der Waals surface area contributed by atoms with Gasteiger partial charge < -0.3 is 15.1 Å². The number of hydrogen-bond acceptors (Lipinski definition) is 7. The summed E-state index contributed by atoms with van der Waals surface area (Å²) in [5.41, 5.74) is 4.63. The molecule has 194 valence electrons. The number of pyridine rings is 2. The lowest BCUT2D eigenvalue weighted by atomic mass is 10.1. The Balaban J connectivity index is 1.37. The highest BCUT2D eigenvalue weighted by Gasteiger charge is 2.17. The maximum absolute atomic E-state index is 13.7. The minimum atomic E-state index is -0.684. The zero-order valence-corrected chi connectivity index (χ0v) is 21.8. The summed E-state index contributed by atoms with van der Waals surface area (Å²) in [6.07, 6.45) is 6.88. The van der Waals surface area contributed by atoms with Gasteiger partial charge in [-0.05, 0) is 44.3 Å². The van der Waals surface area contributed by atoms with Gasteiger partial charge in [-0.15, -0.1) is 5.10 Å². The summed E-state index contributed by atoms with van der Waals surface area (Å²) in [6.45, 7) is 8.98. The van der Waals surface area contributed by atoms with Crippen LogP contribution >= 0.6 is 11.6 Å². The number of hydrogen-bond donors (Lipinski definition) is 1. The van der Waals surface area contributed by atoms with E-state index in [1.54, 1.807) is 29.2 Å². The second-order valence-electron chi connectivity index (χ2n) is 9.15. The van der Waals surface area contributed by atoms with Gasteiger partial charge in [0.2, 0.25) is 0 Å². The third-order valence-electron chi connectivity index (χ3n) is 6.47. The van der Waals surface area contributed by atoms with E-state index in [1.807, 2.05) is 13.1 Å². The lowest BCUT2D eigenvalue weighted by Gasteiger charge is -2.33. The summed E-state index contributed by atoms with van der Waals surface area (Å²) in [5, 5.41) is 11.6. The number of nitrogens with one attached hydrogen (secondary N) is 1. The molecule has 1 aliphatic rings. The predicted octanol–water partition coefficient (Wildman–Crippen LogP) is 4.63. The van der Waals surface area contributed by atoms with Crippen LogP contribution in [0.15, 0.2) is 61.7 Å². The molecule has 4 heterocycles. The third kappa shape index (κ3) is 5.41. The van der Waals surface area contributed by atoms with Gasteiger partial charge in [0.25, 0.3) is 5.91 Å². The number of benzene rings is 1. The summed E-state index contributed by atoms with van der Waals surface area (Å²) < 4.78 is 15.2. The largest absolute Gasteiger partial charge is 0.368 e. The normalized spacial score (nSPS) is 13.9. The van der Waals surface area contributed by atoms with Gasteiger partial charge in [0.1, 0.15) is 11.5 Å². The van der Waals surface area contributed by atoms with Crippen molar-refractivity contribution in [1.82, 2.24) is 29.9 Å². The molecule has 3 aromatic heterocycles. The molecule has 38 heavy (non-hydrogen) atoms. The van der Waals surface area contributed by atoms with Crippen molar-refractivity contribution in [2.75, 3.05) is 43.4 Å². The van der Waals surface area contributed by atoms with Gasteiger partial charge in [-0.2, -0.15) is 0 Å². The molecule has 0 unspecified atom stereocenters. The van der Waals surface area contributed by atoms with Gasteiger partial charge in [-0.1, -0.05) is 23.4 Å². The fourth-order valence-electron chi connectivity index (χ4n) is 4.21. The molecule has 5 rings (SSSR count). The van der Waals surface area contributed by atoms with Crippen molar-refractivity contribution in [2.45, 2.75) is 6.92 Å². The maximum Gasteiger partial charge on any atom is 0.257 e. The summed E-state index contributed by atoms with van der Waals surface area (Å²) in [7, 11) is 2.12. The zero-order chi connectivity index (χ0) is 26.8. The SMILES string of the molecule is C=C(F)c1cc(NC(=O)c2cnc(C)c(-n3cc(-c4cncc(N5CCN(C)CC5)c4)nn3)c2)ccc1Cl. The predicted molar refractivity (Wildman–Crippen MR) is 146 cm³/mol. The van der Waals surface area contributed by atoms with E-state index in [1.165, 1.54) is 18.3 Å². The van der Waals surface area contributed by atoms with Crippen LogP contribution in [0.4, 0.5) is 15.8 Å². The van der Waals surface area contributed by atoms with Gasteiger partial charge in [0, 0.05) is 55.4 Å². The molecule has 1 aliphatic heterocycles. The van der Waals surface area contributed by atoms with Crippen LogP contribution in [0.2, 0.25) is 5.02 Å². The van der Waals surface area contributed by atoms with E-state index in [9.17, 15) is 9.18 Å². The summed E-state index contributed by atoms with van der Waals surface area (Å²) in [4.78, 5) is 26.4. The van der Waals surface area contributed by atoms with Crippen LogP contribution in [0.3, 0.4) is 0 Å². The molecule has 0 saturated carbocycles. The monoisotopic (exact) mass is 532 g/mol. The Morgan fingerprint density at radius 3 is 2.66 bits per heavy atom. The molecule has 0 bridgehead atoms. The highest BCUT2D eigenvalue weighted by Crippen LogP contribution is 2.28. The van der Waals surface area contributed by atoms with Gasteiger partial charge in [0.15, 0.2) is 0 Å². The maximum atomic E-state index is 13.7. The number of piperazine rings is 1. The average Bonchev–Trinajstić information content (AvgIpc) is 3.40. The van der Waals surface area contributed by atoms with E-state index in [4.69, 9.17) is 11.6 Å². The first-order chi connectivity index (χ1) is 18.3. The first-order valence-corrected chi connectivity index (χ1v) is 12.4. The van der Waals surface area contributed by atoms with Crippen molar-refractivity contribution in [2.24, 2.45) is 0 Å². The van der Waals surface area contributed by atoms with E-state index in [-0.39, 0.29) is 10.6 Å². The van der Waals surface area contributed by atoms with Crippen molar-refractivity contribution in [1.29, 1.82) is 0 Å². The molecule has 1 fully saturated rings. The second-order valence-corrected chi connectivity index (χ2v) is 9.56. The minimum Gasteiger partial charge on any atom is -0.368 e. The number of halogens is 2. The molecular formula is C27H26ClFN8O. The Morgan fingerprint density at radius 2 is 1.89 bits per heavy atom. The molecule has 0 aliphatic carbocycles. The van der Waals surface area contributed by atoms with Crippen molar-refractivity contribution >= 4 is 34.7 Å². The summed E-state index contributed by atoms with van der Waals surface area (Å²) in [6, 6.07) is 8.26. The van der Waals surface area contributed by atoms with Gasteiger partial charge in [-0.3, -0.25) is 14.8 Å². The highest BCUT2D eigenvalue weighted by molar-refractivity contribution is 6.32. The van der Waals surface area contributed by atoms with Crippen molar-refractivity contribution in [3.63, 3.8) is 0 Å². The topological polar surface area (TPSA) is 92.1 Å².